The number of rotatable bonds is 3. The summed E-state index contributed by atoms with van der Waals surface area (Å²) in [6, 6.07) is 8.21. The van der Waals surface area contributed by atoms with Gasteiger partial charge in [-0.25, -0.2) is 9.55 Å². The Morgan fingerprint density at radius 1 is 1.32 bits per heavy atom. The van der Waals surface area contributed by atoms with Crippen LogP contribution >= 0.6 is 11.8 Å². The second kappa shape index (κ2) is 6.32. The molecule has 0 radical (unpaired) electrons. The van der Waals surface area contributed by atoms with Gasteiger partial charge in [-0.3, -0.25) is 4.79 Å². The number of H-pyrrole nitrogens is 1. The SMILES string of the molecule is CC1CC(C)CN(C(=O)CSc2[nH]c3ccccc3[n+]2C)C1. The molecule has 0 saturated carbocycles. The highest BCUT2D eigenvalue weighted by atomic mass is 32.2. The molecule has 0 aliphatic carbocycles. The molecule has 4 nitrogen and oxygen atoms in total. The first kappa shape index (κ1) is 15.4. The van der Waals surface area contributed by atoms with E-state index < -0.39 is 0 Å². The van der Waals surface area contributed by atoms with Gasteiger partial charge in [-0.2, -0.15) is 0 Å². The van der Waals surface area contributed by atoms with Crippen molar-refractivity contribution >= 4 is 28.7 Å². The number of hydrogen-bond acceptors (Lipinski definition) is 2. The highest BCUT2D eigenvalue weighted by molar-refractivity contribution is 7.99. The first-order valence-electron chi connectivity index (χ1n) is 7.92. The Labute approximate surface area is 135 Å². The Morgan fingerprint density at radius 2 is 2.00 bits per heavy atom. The van der Waals surface area contributed by atoms with Gasteiger partial charge in [0.05, 0.1) is 12.8 Å². The zero-order valence-corrected chi connectivity index (χ0v) is 14.3. The van der Waals surface area contributed by atoms with Gasteiger partial charge in [-0.15, -0.1) is 0 Å². The Balaban J connectivity index is 1.66. The minimum atomic E-state index is 0.252. The minimum absolute atomic E-state index is 0.252. The first-order chi connectivity index (χ1) is 10.5. The summed E-state index contributed by atoms with van der Waals surface area (Å²) in [7, 11) is 2.04. The molecule has 0 bridgehead atoms. The van der Waals surface area contributed by atoms with Crippen LogP contribution < -0.4 is 4.57 Å². The highest BCUT2D eigenvalue weighted by Gasteiger charge is 2.26. The van der Waals surface area contributed by atoms with E-state index in [0.29, 0.717) is 17.6 Å². The zero-order chi connectivity index (χ0) is 15.7. The van der Waals surface area contributed by atoms with Gasteiger partial charge in [0.2, 0.25) is 5.91 Å². The van der Waals surface area contributed by atoms with Crippen molar-refractivity contribution in [3.63, 3.8) is 0 Å². The van der Waals surface area contributed by atoms with Gasteiger partial charge in [0, 0.05) is 13.1 Å². The van der Waals surface area contributed by atoms with Gasteiger partial charge < -0.3 is 4.90 Å². The molecule has 2 aromatic rings. The largest absolute Gasteiger partial charge is 0.341 e. The van der Waals surface area contributed by atoms with E-state index in [9.17, 15) is 4.79 Å². The number of carbonyl (C=O) groups is 1. The quantitative estimate of drug-likeness (QED) is 0.698. The summed E-state index contributed by atoms with van der Waals surface area (Å²) in [6.45, 7) is 6.28. The average Bonchev–Trinajstić information content (AvgIpc) is 2.81. The molecule has 118 valence electrons. The number of hydrogen-bond donors (Lipinski definition) is 1. The summed E-state index contributed by atoms with van der Waals surface area (Å²) >= 11 is 1.59. The van der Waals surface area contributed by atoms with Gasteiger partial charge in [-0.1, -0.05) is 26.0 Å². The lowest BCUT2D eigenvalue weighted by molar-refractivity contribution is -0.683. The van der Waals surface area contributed by atoms with Crippen molar-refractivity contribution in [2.45, 2.75) is 25.4 Å². The van der Waals surface area contributed by atoms with Gasteiger partial charge in [0.15, 0.2) is 11.0 Å². The molecular formula is C17H24N3OS+. The maximum atomic E-state index is 12.5. The number of benzene rings is 1. The summed E-state index contributed by atoms with van der Waals surface area (Å²) in [5, 5.41) is 1.03. The number of fused-ring (bicyclic) bond motifs is 1. The molecule has 22 heavy (non-hydrogen) atoms. The normalized spacial score (nSPS) is 22.2. The molecular weight excluding hydrogens is 294 g/mol. The van der Waals surface area contributed by atoms with Gasteiger partial charge in [-0.05, 0) is 42.2 Å². The van der Waals surface area contributed by atoms with Crippen molar-refractivity contribution in [1.82, 2.24) is 9.88 Å². The van der Waals surface area contributed by atoms with Crippen molar-refractivity contribution in [2.75, 3.05) is 18.8 Å². The van der Waals surface area contributed by atoms with E-state index in [0.717, 1.165) is 29.3 Å². The second-order valence-electron chi connectivity index (χ2n) is 6.54. The molecule has 1 aliphatic heterocycles. The lowest BCUT2D eigenvalue weighted by Gasteiger charge is -2.34. The van der Waals surface area contributed by atoms with Crippen molar-refractivity contribution in [3.05, 3.63) is 24.3 Å². The number of aromatic amines is 1. The Morgan fingerprint density at radius 3 is 2.68 bits per heavy atom. The topological polar surface area (TPSA) is 40.0 Å². The number of para-hydroxylation sites is 2. The number of carbonyl (C=O) groups excluding carboxylic acids is 1. The van der Waals surface area contributed by atoms with Crippen LogP contribution in [0.3, 0.4) is 0 Å². The molecule has 1 aromatic carbocycles. The van der Waals surface area contributed by atoms with Crippen LogP contribution in [0.5, 0.6) is 0 Å². The number of thioether (sulfide) groups is 1. The lowest BCUT2D eigenvalue weighted by Crippen LogP contribution is -2.43. The van der Waals surface area contributed by atoms with Crippen molar-refractivity contribution in [3.8, 4) is 0 Å². The summed E-state index contributed by atoms with van der Waals surface area (Å²) < 4.78 is 2.12. The standard InChI is InChI=1S/C17H23N3OS/c1-12-8-13(2)10-20(9-12)16(21)11-22-17-18-14-6-4-5-7-15(14)19(17)3/h4-7,12-13H,8-11H2,1-3H3/p+1. The first-order valence-corrected chi connectivity index (χ1v) is 8.90. The molecule has 1 N–H and O–H groups in total. The van der Waals surface area contributed by atoms with Crippen LogP contribution in [-0.2, 0) is 11.8 Å². The molecule has 3 rings (SSSR count). The predicted octanol–water partition coefficient (Wildman–Crippen LogP) is 2.59. The van der Waals surface area contributed by atoms with E-state index in [1.54, 1.807) is 11.8 Å². The van der Waals surface area contributed by atoms with Crippen molar-refractivity contribution < 1.29 is 9.36 Å². The number of amides is 1. The fourth-order valence-electron chi connectivity index (χ4n) is 3.40. The Hall–Kier alpha value is -1.49. The number of likely N-dealkylation sites (tertiary alicyclic amines) is 1. The van der Waals surface area contributed by atoms with Crippen LogP contribution in [0.4, 0.5) is 0 Å². The highest BCUT2D eigenvalue weighted by Crippen LogP contribution is 2.23. The molecule has 1 fully saturated rings. The summed E-state index contributed by atoms with van der Waals surface area (Å²) in [5.74, 6) is 1.98. The molecule has 2 heterocycles. The molecule has 2 unspecified atom stereocenters. The smallest absolute Gasteiger partial charge is 0.317 e. The number of imidazole rings is 1. The molecule has 5 heteroatoms. The molecule has 1 saturated heterocycles. The molecule has 1 amide bonds. The Bertz CT molecular complexity index is 672. The van der Waals surface area contributed by atoms with Gasteiger partial charge in [0.25, 0.3) is 0 Å². The molecule has 1 aromatic heterocycles. The third kappa shape index (κ3) is 3.14. The van der Waals surface area contributed by atoms with E-state index in [-0.39, 0.29) is 5.91 Å². The van der Waals surface area contributed by atoms with E-state index in [1.165, 1.54) is 6.42 Å². The molecule has 2 atom stereocenters. The number of nitrogens with zero attached hydrogens (tertiary/aromatic N) is 2. The fourth-order valence-corrected chi connectivity index (χ4v) is 4.32. The number of nitrogens with one attached hydrogen (secondary N) is 1. The van der Waals surface area contributed by atoms with Crippen LogP contribution in [0.1, 0.15) is 20.3 Å². The fraction of sp³-hybridized carbons (Fsp3) is 0.529. The third-order valence-electron chi connectivity index (χ3n) is 4.37. The van der Waals surface area contributed by atoms with E-state index >= 15 is 0 Å². The van der Waals surface area contributed by atoms with E-state index in [1.807, 2.05) is 24.1 Å². The van der Waals surface area contributed by atoms with E-state index in [2.05, 4.69) is 35.5 Å². The Kier molecular flexibility index (Phi) is 4.43. The summed E-state index contributed by atoms with van der Waals surface area (Å²) in [6.07, 6.45) is 1.23. The molecule has 0 spiro atoms. The van der Waals surface area contributed by atoms with Crippen LogP contribution in [0.25, 0.3) is 11.0 Å². The zero-order valence-electron chi connectivity index (χ0n) is 13.5. The minimum Gasteiger partial charge on any atom is -0.341 e. The summed E-state index contributed by atoms with van der Waals surface area (Å²) in [4.78, 5) is 17.9. The maximum Gasteiger partial charge on any atom is 0.317 e. The van der Waals surface area contributed by atoms with Gasteiger partial charge >= 0.3 is 5.16 Å². The van der Waals surface area contributed by atoms with E-state index in [4.69, 9.17) is 0 Å². The third-order valence-corrected chi connectivity index (χ3v) is 5.41. The number of piperidine rings is 1. The average molecular weight is 318 g/mol. The van der Waals surface area contributed by atoms with Gasteiger partial charge in [0.1, 0.15) is 0 Å². The van der Waals surface area contributed by atoms with Crippen molar-refractivity contribution in [2.24, 2.45) is 18.9 Å². The summed E-state index contributed by atoms with van der Waals surface area (Å²) in [5.41, 5.74) is 2.28. The second-order valence-corrected chi connectivity index (χ2v) is 7.50. The monoisotopic (exact) mass is 318 g/mol. The maximum absolute atomic E-state index is 12.5. The number of aryl methyl sites for hydroxylation is 1. The van der Waals surface area contributed by atoms with Crippen LogP contribution in [0, 0.1) is 11.8 Å². The van der Waals surface area contributed by atoms with Crippen LogP contribution in [-0.4, -0.2) is 34.6 Å². The van der Waals surface area contributed by atoms with Crippen LogP contribution in [0.2, 0.25) is 0 Å². The lowest BCUT2D eigenvalue weighted by atomic mass is 9.92. The number of aromatic nitrogens is 2. The van der Waals surface area contributed by atoms with Crippen molar-refractivity contribution in [1.29, 1.82) is 0 Å². The molecule has 1 aliphatic rings. The van der Waals surface area contributed by atoms with Crippen LogP contribution in [0.15, 0.2) is 29.4 Å². The predicted molar refractivity (Wildman–Crippen MR) is 89.7 cm³/mol.